The summed E-state index contributed by atoms with van der Waals surface area (Å²) >= 11 is 16.3. The Labute approximate surface area is 71.3 Å². The number of halogens is 3. The lowest BCUT2D eigenvalue weighted by molar-refractivity contribution is 0.511. The van der Waals surface area contributed by atoms with E-state index < -0.39 is 5.63 Å². The SMILES string of the molecule is O=c1occ(Cl)c(Cl)c1Cl. The molecule has 0 spiro atoms. The van der Waals surface area contributed by atoms with Crippen molar-refractivity contribution in [2.75, 3.05) is 0 Å². The van der Waals surface area contributed by atoms with Crippen LogP contribution >= 0.6 is 34.8 Å². The minimum Gasteiger partial charge on any atom is -0.429 e. The lowest BCUT2D eigenvalue weighted by atomic mass is 10.5. The van der Waals surface area contributed by atoms with Crippen molar-refractivity contribution in [2.45, 2.75) is 0 Å². The third-order valence-electron chi connectivity index (χ3n) is 0.851. The van der Waals surface area contributed by atoms with Gasteiger partial charge < -0.3 is 4.42 Å². The van der Waals surface area contributed by atoms with Crippen molar-refractivity contribution >= 4 is 34.8 Å². The van der Waals surface area contributed by atoms with Gasteiger partial charge in [0.1, 0.15) is 11.3 Å². The van der Waals surface area contributed by atoms with E-state index in [2.05, 4.69) is 4.42 Å². The number of hydrogen-bond acceptors (Lipinski definition) is 2. The lowest BCUT2D eigenvalue weighted by Crippen LogP contribution is -1.98. The summed E-state index contributed by atoms with van der Waals surface area (Å²) in [4.78, 5) is 10.6. The van der Waals surface area contributed by atoms with Gasteiger partial charge >= 0.3 is 5.63 Å². The van der Waals surface area contributed by atoms with E-state index in [1.54, 1.807) is 0 Å². The molecule has 1 rings (SSSR count). The van der Waals surface area contributed by atoms with E-state index in [4.69, 9.17) is 34.8 Å². The van der Waals surface area contributed by atoms with Crippen LogP contribution in [0.1, 0.15) is 0 Å². The van der Waals surface area contributed by atoms with Crippen LogP contribution in [0.4, 0.5) is 0 Å². The molecule has 10 heavy (non-hydrogen) atoms. The molecule has 0 unspecified atom stereocenters. The summed E-state index contributed by atoms with van der Waals surface area (Å²) in [5.41, 5.74) is -0.684. The van der Waals surface area contributed by atoms with Gasteiger partial charge in [0.2, 0.25) is 0 Å². The fourth-order valence-corrected chi connectivity index (χ4v) is 0.859. The Balaban J connectivity index is 3.49. The highest BCUT2D eigenvalue weighted by Crippen LogP contribution is 2.25. The van der Waals surface area contributed by atoms with E-state index in [1.807, 2.05) is 0 Å². The summed E-state index contributed by atoms with van der Waals surface area (Å²) in [6.45, 7) is 0. The Kier molecular flexibility index (Phi) is 2.24. The predicted molar refractivity (Wildman–Crippen MR) is 40.0 cm³/mol. The average Bonchev–Trinajstić information content (AvgIpc) is 1.93. The van der Waals surface area contributed by atoms with Crippen LogP contribution in [0.25, 0.3) is 0 Å². The zero-order valence-corrected chi connectivity index (χ0v) is 6.80. The molecule has 0 saturated carbocycles. The summed E-state index contributed by atoms with van der Waals surface area (Å²) in [6, 6.07) is 0. The Hall–Kier alpha value is -0.180. The maximum Gasteiger partial charge on any atom is 0.356 e. The van der Waals surface area contributed by atoms with E-state index in [9.17, 15) is 4.79 Å². The molecule has 0 radical (unpaired) electrons. The molecular weight excluding hydrogens is 198 g/mol. The van der Waals surface area contributed by atoms with Crippen LogP contribution in [0.5, 0.6) is 0 Å². The molecule has 1 heterocycles. The molecule has 0 aromatic carbocycles. The van der Waals surface area contributed by atoms with Crippen molar-refractivity contribution in [3.05, 3.63) is 31.8 Å². The van der Waals surface area contributed by atoms with Gasteiger partial charge in [-0.1, -0.05) is 34.8 Å². The Morgan fingerprint density at radius 2 is 1.80 bits per heavy atom. The molecule has 0 N–H and O–H groups in total. The minimum atomic E-state index is -0.684. The van der Waals surface area contributed by atoms with Crippen molar-refractivity contribution in [1.82, 2.24) is 0 Å². The molecule has 0 aliphatic rings. The van der Waals surface area contributed by atoms with Gasteiger partial charge in [0.15, 0.2) is 0 Å². The van der Waals surface area contributed by atoms with Gasteiger partial charge in [0.25, 0.3) is 0 Å². The molecule has 0 aliphatic carbocycles. The quantitative estimate of drug-likeness (QED) is 0.643. The van der Waals surface area contributed by atoms with Gasteiger partial charge in [-0.25, -0.2) is 4.79 Å². The van der Waals surface area contributed by atoms with Crippen LogP contribution in [0.15, 0.2) is 15.5 Å². The fraction of sp³-hybridized carbons (Fsp3) is 0. The highest BCUT2D eigenvalue weighted by atomic mass is 35.5. The molecule has 54 valence electrons. The second-order valence-electron chi connectivity index (χ2n) is 1.50. The molecule has 0 bridgehead atoms. The molecule has 1 aromatic heterocycles. The van der Waals surface area contributed by atoms with Gasteiger partial charge in [-0.3, -0.25) is 0 Å². The smallest absolute Gasteiger partial charge is 0.356 e. The zero-order valence-electron chi connectivity index (χ0n) is 4.53. The molecule has 0 amide bonds. The van der Waals surface area contributed by atoms with Crippen LogP contribution in [-0.4, -0.2) is 0 Å². The van der Waals surface area contributed by atoms with Crippen LogP contribution in [0, 0.1) is 0 Å². The molecule has 2 nitrogen and oxygen atoms in total. The largest absolute Gasteiger partial charge is 0.429 e. The first kappa shape index (κ1) is 7.92. The molecule has 0 fully saturated rings. The van der Waals surface area contributed by atoms with E-state index in [-0.39, 0.29) is 15.1 Å². The van der Waals surface area contributed by atoms with E-state index in [0.29, 0.717) is 0 Å². The molecule has 0 saturated heterocycles. The van der Waals surface area contributed by atoms with Crippen molar-refractivity contribution in [1.29, 1.82) is 0 Å². The topological polar surface area (TPSA) is 30.2 Å². The van der Waals surface area contributed by atoms with Crippen LogP contribution < -0.4 is 5.63 Å². The molecule has 0 atom stereocenters. The molecule has 1 aromatic rings. The van der Waals surface area contributed by atoms with E-state index >= 15 is 0 Å². The van der Waals surface area contributed by atoms with Crippen LogP contribution in [0.3, 0.4) is 0 Å². The average molecular weight is 199 g/mol. The van der Waals surface area contributed by atoms with Crippen LogP contribution in [-0.2, 0) is 0 Å². The van der Waals surface area contributed by atoms with Gasteiger partial charge in [0, 0.05) is 0 Å². The van der Waals surface area contributed by atoms with Crippen LogP contribution in [0.2, 0.25) is 15.1 Å². The summed E-state index contributed by atoms with van der Waals surface area (Å²) < 4.78 is 4.37. The third kappa shape index (κ3) is 1.29. The highest BCUT2D eigenvalue weighted by Gasteiger charge is 2.07. The summed E-state index contributed by atoms with van der Waals surface area (Å²) in [7, 11) is 0. The second-order valence-corrected chi connectivity index (χ2v) is 2.66. The normalized spacial score (nSPS) is 9.90. The monoisotopic (exact) mass is 198 g/mol. The highest BCUT2D eigenvalue weighted by molar-refractivity contribution is 6.47. The zero-order chi connectivity index (χ0) is 7.72. The van der Waals surface area contributed by atoms with Gasteiger partial charge in [-0.2, -0.15) is 0 Å². The van der Waals surface area contributed by atoms with Gasteiger partial charge in [0.05, 0.1) is 10.0 Å². The molecule has 0 aliphatic heterocycles. The first-order chi connectivity index (χ1) is 4.63. The van der Waals surface area contributed by atoms with Gasteiger partial charge in [-0.15, -0.1) is 0 Å². The first-order valence-corrected chi connectivity index (χ1v) is 3.38. The number of hydrogen-bond donors (Lipinski definition) is 0. The Morgan fingerprint density at radius 1 is 1.20 bits per heavy atom. The summed E-state index contributed by atoms with van der Waals surface area (Å²) in [6.07, 6.45) is 1.04. The molecular formula is C5HCl3O2. The second kappa shape index (κ2) is 2.82. The Bertz CT molecular complexity index is 304. The van der Waals surface area contributed by atoms with E-state index in [0.717, 1.165) is 6.26 Å². The van der Waals surface area contributed by atoms with E-state index in [1.165, 1.54) is 0 Å². The van der Waals surface area contributed by atoms with Crippen molar-refractivity contribution in [2.24, 2.45) is 0 Å². The third-order valence-corrected chi connectivity index (χ3v) is 2.06. The van der Waals surface area contributed by atoms with Gasteiger partial charge in [-0.05, 0) is 0 Å². The first-order valence-electron chi connectivity index (χ1n) is 2.25. The summed E-state index contributed by atoms with van der Waals surface area (Å²) in [5.74, 6) is 0. The standard InChI is InChI=1S/C5HCl3O2/c6-2-1-10-5(9)4(8)3(2)7/h1H. The number of rotatable bonds is 0. The maximum absolute atomic E-state index is 10.6. The fourth-order valence-electron chi connectivity index (χ4n) is 0.403. The van der Waals surface area contributed by atoms with Crippen molar-refractivity contribution in [3.8, 4) is 0 Å². The minimum absolute atomic E-state index is 0.0274. The predicted octanol–water partition coefficient (Wildman–Crippen LogP) is 2.60. The summed E-state index contributed by atoms with van der Waals surface area (Å²) in [5, 5.41) is -0.0278. The lowest BCUT2D eigenvalue weighted by Gasteiger charge is -1.92. The molecule has 5 heteroatoms. The maximum atomic E-state index is 10.6. The van der Waals surface area contributed by atoms with Crippen molar-refractivity contribution < 1.29 is 4.42 Å². The van der Waals surface area contributed by atoms with Crippen molar-refractivity contribution in [3.63, 3.8) is 0 Å². The Morgan fingerprint density at radius 3 is 2.30 bits per heavy atom.